The van der Waals surface area contributed by atoms with Gasteiger partial charge in [-0.1, -0.05) is 85.4 Å². The number of fused-ring (bicyclic) bond motifs is 5. The van der Waals surface area contributed by atoms with E-state index < -0.39 is 0 Å². The van der Waals surface area contributed by atoms with Crippen LogP contribution in [0.1, 0.15) is 68.6 Å². The molecule has 26 heavy (non-hydrogen) atoms. The number of halogens is 1. The molecule has 3 aromatic rings. The summed E-state index contributed by atoms with van der Waals surface area (Å²) in [6.45, 7) is 4.78. The van der Waals surface area contributed by atoms with Crippen molar-refractivity contribution in [3.63, 3.8) is 0 Å². The highest BCUT2D eigenvalue weighted by atomic mass is 79.9. The Balaban J connectivity index is 1.84. The molecular weight excluding hydrogens is 380 g/mol. The van der Waals surface area contributed by atoms with Crippen LogP contribution in [0.25, 0.3) is 21.9 Å². The van der Waals surface area contributed by atoms with Gasteiger partial charge in [-0.25, -0.2) is 0 Å². The Bertz CT molecular complexity index is 1010. The zero-order chi connectivity index (χ0) is 17.9. The van der Waals surface area contributed by atoms with Gasteiger partial charge in [-0.05, 0) is 69.5 Å². The average Bonchev–Trinajstić information content (AvgIpc) is 2.89. The molecule has 0 saturated heterocycles. The lowest BCUT2D eigenvalue weighted by molar-refractivity contribution is 0.445. The smallest absolute Gasteiger partial charge is 0.0178 e. The highest BCUT2D eigenvalue weighted by Crippen LogP contribution is 2.53. The molecule has 0 N–H and O–H groups in total. The van der Waals surface area contributed by atoms with Gasteiger partial charge in [0.25, 0.3) is 0 Å². The van der Waals surface area contributed by atoms with Crippen LogP contribution in [0, 0.1) is 0 Å². The van der Waals surface area contributed by atoms with E-state index in [1.165, 1.54) is 69.6 Å². The Kier molecular flexibility index (Phi) is 3.79. The summed E-state index contributed by atoms with van der Waals surface area (Å²) in [6, 6.07) is 18.5. The van der Waals surface area contributed by atoms with Crippen molar-refractivity contribution in [2.24, 2.45) is 0 Å². The topological polar surface area (TPSA) is 0 Å². The van der Waals surface area contributed by atoms with Crippen molar-refractivity contribution in [1.29, 1.82) is 0 Å². The van der Waals surface area contributed by atoms with Crippen LogP contribution < -0.4 is 0 Å². The monoisotopic (exact) mass is 404 g/mol. The van der Waals surface area contributed by atoms with Crippen molar-refractivity contribution in [3.8, 4) is 11.1 Å². The summed E-state index contributed by atoms with van der Waals surface area (Å²) < 4.78 is 1.17. The predicted octanol–water partition coefficient (Wildman–Crippen LogP) is 7.96. The Morgan fingerprint density at radius 2 is 1.58 bits per heavy atom. The van der Waals surface area contributed by atoms with Crippen molar-refractivity contribution in [2.45, 2.75) is 57.3 Å². The summed E-state index contributed by atoms with van der Waals surface area (Å²) >= 11 is 3.69. The summed E-state index contributed by atoms with van der Waals surface area (Å²) in [7, 11) is 0. The second kappa shape index (κ2) is 5.96. The molecular formula is C25H25Br. The maximum Gasteiger partial charge on any atom is 0.0178 e. The molecule has 1 fully saturated rings. The second-order valence-electron chi connectivity index (χ2n) is 8.58. The van der Waals surface area contributed by atoms with E-state index in [-0.39, 0.29) is 5.41 Å². The van der Waals surface area contributed by atoms with Gasteiger partial charge in [-0.2, -0.15) is 0 Å². The average molecular weight is 405 g/mol. The van der Waals surface area contributed by atoms with E-state index in [4.69, 9.17) is 0 Å². The fraction of sp³-hybridized carbons (Fsp3) is 0.360. The van der Waals surface area contributed by atoms with Crippen LogP contribution in [0.15, 0.2) is 53.0 Å². The third kappa shape index (κ3) is 2.33. The Hall–Kier alpha value is -1.60. The zero-order valence-electron chi connectivity index (χ0n) is 15.6. The van der Waals surface area contributed by atoms with Gasteiger partial charge in [0.05, 0.1) is 0 Å². The molecule has 0 aromatic heterocycles. The van der Waals surface area contributed by atoms with Crippen molar-refractivity contribution < 1.29 is 0 Å². The van der Waals surface area contributed by atoms with Gasteiger partial charge in [0.2, 0.25) is 0 Å². The molecule has 132 valence electrons. The van der Waals surface area contributed by atoms with E-state index >= 15 is 0 Å². The van der Waals surface area contributed by atoms with Gasteiger partial charge in [-0.3, -0.25) is 0 Å². The van der Waals surface area contributed by atoms with Gasteiger partial charge in [0.15, 0.2) is 0 Å². The lowest BCUT2D eigenvalue weighted by Crippen LogP contribution is -2.16. The van der Waals surface area contributed by atoms with Crippen LogP contribution in [0.3, 0.4) is 0 Å². The largest absolute Gasteiger partial charge is 0.0616 e. The summed E-state index contributed by atoms with van der Waals surface area (Å²) in [5, 5.41) is 2.92. The molecule has 0 nitrogen and oxygen atoms in total. The molecule has 2 aliphatic rings. The number of hydrogen-bond donors (Lipinski definition) is 0. The van der Waals surface area contributed by atoms with E-state index in [1.54, 1.807) is 5.56 Å². The third-order valence-corrected chi connectivity index (χ3v) is 7.21. The normalized spacial score (nSPS) is 18.7. The van der Waals surface area contributed by atoms with Crippen molar-refractivity contribution >= 4 is 26.7 Å². The van der Waals surface area contributed by atoms with Crippen LogP contribution >= 0.6 is 15.9 Å². The third-order valence-electron chi connectivity index (χ3n) is 6.72. The molecule has 0 radical (unpaired) electrons. The first-order valence-electron chi connectivity index (χ1n) is 9.94. The Labute approximate surface area is 164 Å². The first kappa shape index (κ1) is 16.6. The minimum atomic E-state index is 0.0574. The first-order chi connectivity index (χ1) is 12.6. The van der Waals surface area contributed by atoms with Gasteiger partial charge in [0, 0.05) is 9.89 Å². The highest BCUT2D eigenvalue weighted by Gasteiger charge is 2.37. The Morgan fingerprint density at radius 3 is 2.35 bits per heavy atom. The molecule has 0 heterocycles. The summed E-state index contributed by atoms with van der Waals surface area (Å²) in [5.41, 5.74) is 7.51. The van der Waals surface area contributed by atoms with Crippen LogP contribution in [-0.4, -0.2) is 0 Å². The Morgan fingerprint density at radius 1 is 0.846 bits per heavy atom. The molecule has 1 saturated carbocycles. The van der Waals surface area contributed by atoms with Gasteiger partial charge < -0.3 is 0 Å². The molecule has 0 bridgehead atoms. The fourth-order valence-electron chi connectivity index (χ4n) is 5.33. The van der Waals surface area contributed by atoms with Gasteiger partial charge >= 0.3 is 0 Å². The number of rotatable bonds is 1. The van der Waals surface area contributed by atoms with E-state index in [1.807, 2.05) is 0 Å². The van der Waals surface area contributed by atoms with Crippen LogP contribution in [0.5, 0.6) is 0 Å². The SMILES string of the molecule is CC1(C)c2cc(Br)ccc2-c2c1cc(C1CCCCC1)c1ccccc21. The molecule has 1 heteroatoms. The maximum atomic E-state index is 3.69. The summed E-state index contributed by atoms with van der Waals surface area (Å²) in [5.74, 6) is 0.727. The zero-order valence-corrected chi connectivity index (χ0v) is 17.2. The predicted molar refractivity (Wildman–Crippen MR) is 115 cm³/mol. The first-order valence-corrected chi connectivity index (χ1v) is 10.7. The highest BCUT2D eigenvalue weighted by molar-refractivity contribution is 9.10. The van der Waals surface area contributed by atoms with E-state index in [2.05, 4.69) is 78.3 Å². The number of benzene rings is 3. The lowest BCUT2D eigenvalue weighted by Gasteiger charge is -2.27. The van der Waals surface area contributed by atoms with E-state index in [9.17, 15) is 0 Å². The van der Waals surface area contributed by atoms with Crippen molar-refractivity contribution in [3.05, 3.63) is 69.7 Å². The molecule has 0 unspecified atom stereocenters. The number of hydrogen-bond acceptors (Lipinski definition) is 0. The lowest BCUT2D eigenvalue weighted by atomic mass is 9.77. The quantitative estimate of drug-likeness (QED) is 0.385. The van der Waals surface area contributed by atoms with Gasteiger partial charge in [0.1, 0.15) is 0 Å². The van der Waals surface area contributed by atoms with E-state index in [0.29, 0.717) is 0 Å². The van der Waals surface area contributed by atoms with E-state index in [0.717, 1.165) is 5.92 Å². The molecule has 0 atom stereocenters. The molecule has 3 aromatic carbocycles. The fourth-order valence-corrected chi connectivity index (χ4v) is 5.70. The van der Waals surface area contributed by atoms with Crippen LogP contribution in [0.4, 0.5) is 0 Å². The standard InChI is InChI=1S/C25H25Br/c1-25(2)22-14-17(26)12-13-20(22)24-19-11-7-6-10-18(19)21(15-23(24)25)16-8-4-3-5-9-16/h6-7,10-16H,3-5,8-9H2,1-2H3. The molecule has 0 aliphatic heterocycles. The summed E-state index contributed by atoms with van der Waals surface area (Å²) in [6.07, 6.45) is 6.87. The van der Waals surface area contributed by atoms with Crippen molar-refractivity contribution in [1.82, 2.24) is 0 Å². The summed E-state index contributed by atoms with van der Waals surface area (Å²) in [4.78, 5) is 0. The maximum absolute atomic E-state index is 3.69. The molecule has 2 aliphatic carbocycles. The minimum Gasteiger partial charge on any atom is -0.0616 e. The van der Waals surface area contributed by atoms with Gasteiger partial charge in [-0.15, -0.1) is 0 Å². The molecule has 5 rings (SSSR count). The molecule has 0 spiro atoms. The van der Waals surface area contributed by atoms with Crippen LogP contribution in [0.2, 0.25) is 0 Å². The van der Waals surface area contributed by atoms with Crippen molar-refractivity contribution in [2.75, 3.05) is 0 Å². The molecule has 0 amide bonds. The minimum absolute atomic E-state index is 0.0574. The second-order valence-corrected chi connectivity index (χ2v) is 9.50. The van der Waals surface area contributed by atoms with Crippen LogP contribution in [-0.2, 0) is 5.41 Å².